The molecule has 2 aromatic rings. The van der Waals surface area contributed by atoms with Gasteiger partial charge in [0.2, 0.25) is 5.82 Å². The molecule has 0 aliphatic heterocycles. The van der Waals surface area contributed by atoms with Gasteiger partial charge in [0, 0.05) is 5.56 Å². The van der Waals surface area contributed by atoms with Gasteiger partial charge in [-0.2, -0.15) is 4.39 Å². The molecule has 0 spiro atoms. The molecular weight excluding hydrogens is 394 g/mol. The van der Waals surface area contributed by atoms with Crippen LogP contribution >= 0.6 is 0 Å². The van der Waals surface area contributed by atoms with Crippen molar-refractivity contribution in [3.8, 4) is 22.6 Å². The molecule has 0 aromatic heterocycles. The fraction of sp³-hybridized carbons (Fsp3) is 0.481. The van der Waals surface area contributed by atoms with E-state index in [0.29, 0.717) is 18.1 Å². The van der Waals surface area contributed by atoms with E-state index in [0.717, 1.165) is 30.6 Å². The standard InChI is InChI=1S/C27H32F2O2/c1-3-5-18-8-12-23-20(9-13-22(18)23)17-31-21-10-6-19(7-11-21)24-14-15-25(30-16-4-2)27(29)26(24)28/h6-8,10-11,14-15,20,22-23H,3-5,9,12-13,16-17H2,1-2H3. The van der Waals surface area contributed by atoms with Gasteiger partial charge in [-0.25, -0.2) is 4.39 Å². The fourth-order valence-electron chi connectivity index (χ4n) is 5.20. The van der Waals surface area contributed by atoms with E-state index in [2.05, 4.69) is 13.0 Å². The first kappa shape index (κ1) is 21.9. The summed E-state index contributed by atoms with van der Waals surface area (Å²) in [5.41, 5.74) is 2.52. The van der Waals surface area contributed by atoms with E-state index < -0.39 is 11.6 Å². The highest BCUT2D eigenvalue weighted by Crippen LogP contribution is 2.49. The lowest BCUT2D eigenvalue weighted by Crippen LogP contribution is -2.18. The zero-order chi connectivity index (χ0) is 21.8. The highest BCUT2D eigenvalue weighted by Gasteiger charge is 2.40. The maximum absolute atomic E-state index is 14.5. The molecule has 4 rings (SSSR count). The van der Waals surface area contributed by atoms with Crippen LogP contribution in [-0.2, 0) is 0 Å². The molecule has 3 atom stereocenters. The Morgan fingerprint density at radius 2 is 1.71 bits per heavy atom. The summed E-state index contributed by atoms with van der Waals surface area (Å²) in [6, 6.07) is 10.3. The number of allylic oxidation sites excluding steroid dienone is 2. The Balaban J connectivity index is 1.37. The van der Waals surface area contributed by atoms with Crippen LogP contribution in [0.4, 0.5) is 8.78 Å². The smallest absolute Gasteiger partial charge is 0.201 e. The van der Waals surface area contributed by atoms with Crippen molar-refractivity contribution in [3.63, 3.8) is 0 Å². The van der Waals surface area contributed by atoms with Crippen molar-refractivity contribution in [2.24, 2.45) is 17.8 Å². The fourth-order valence-corrected chi connectivity index (χ4v) is 5.20. The van der Waals surface area contributed by atoms with Gasteiger partial charge in [-0.1, -0.05) is 44.1 Å². The molecular formula is C27H32F2O2. The zero-order valence-corrected chi connectivity index (χ0v) is 18.5. The third-order valence-corrected chi connectivity index (χ3v) is 6.78. The lowest BCUT2D eigenvalue weighted by Gasteiger charge is -2.20. The van der Waals surface area contributed by atoms with Crippen molar-refractivity contribution < 1.29 is 18.3 Å². The third kappa shape index (κ3) is 4.63. The average molecular weight is 427 g/mol. The van der Waals surface area contributed by atoms with Crippen molar-refractivity contribution in [2.75, 3.05) is 13.2 Å². The molecule has 1 saturated carbocycles. The largest absolute Gasteiger partial charge is 0.493 e. The Morgan fingerprint density at radius 1 is 0.903 bits per heavy atom. The molecule has 0 amide bonds. The molecule has 2 aromatic carbocycles. The van der Waals surface area contributed by atoms with Crippen molar-refractivity contribution >= 4 is 0 Å². The third-order valence-electron chi connectivity index (χ3n) is 6.78. The Labute approximate surface area is 184 Å². The molecule has 0 N–H and O–H groups in total. The Kier molecular flexibility index (Phi) is 6.94. The normalized spacial score (nSPS) is 22.3. The molecule has 0 saturated heterocycles. The number of fused-ring (bicyclic) bond motifs is 1. The lowest BCUT2D eigenvalue weighted by atomic mass is 9.88. The van der Waals surface area contributed by atoms with Crippen molar-refractivity contribution in [3.05, 3.63) is 59.7 Å². The monoisotopic (exact) mass is 426 g/mol. The van der Waals surface area contributed by atoms with Crippen LogP contribution in [-0.4, -0.2) is 13.2 Å². The minimum atomic E-state index is -0.935. The van der Waals surface area contributed by atoms with Gasteiger partial charge in [0.15, 0.2) is 11.6 Å². The van der Waals surface area contributed by atoms with Gasteiger partial charge < -0.3 is 9.47 Å². The second-order valence-corrected chi connectivity index (χ2v) is 8.80. The van der Waals surface area contributed by atoms with Gasteiger partial charge in [-0.05, 0) is 79.7 Å². The van der Waals surface area contributed by atoms with Gasteiger partial charge in [-0.15, -0.1) is 0 Å². The molecule has 3 unspecified atom stereocenters. The quantitative estimate of drug-likeness (QED) is 0.385. The van der Waals surface area contributed by atoms with Crippen LogP contribution in [0.3, 0.4) is 0 Å². The summed E-state index contributed by atoms with van der Waals surface area (Å²) in [5.74, 6) is 1.00. The highest BCUT2D eigenvalue weighted by molar-refractivity contribution is 5.66. The predicted molar refractivity (Wildman–Crippen MR) is 120 cm³/mol. The van der Waals surface area contributed by atoms with E-state index in [1.807, 2.05) is 19.1 Å². The van der Waals surface area contributed by atoms with Crippen LogP contribution in [0.25, 0.3) is 11.1 Å². The second kappa shape index (κ2) is 9.84. The minimum Gasteiger partial charge on any atom is -0.493 e. The first-order valence-electron chi connectivity index (χ1n) is 11.6. The van der Waals surface area contributed by atoms with Gasteiger partial charge in [-0.3, -0.25) is 0 Å². The predicted octanol–water partition coefficient (Wildman–Crippen LogP) is 7.57. The van der Waals surface area contributed by atoms with Crippen LogP contribution in [0.2, 0.25) is 0 Å². The van der Waals surface area contributed by atoms with Crippen molar-refractivity contribution in [2.45, 2.75) is 52.4 Å². The Bertz CT molecular complexity index is 920. The van der Waals surface area contributed by atoms with Crippen LogP contribution < -0.4 is 9.47 Å². The molecule has 2 nitrogen and oxygen atoms in total. The molecule has 2 aliphatic rings. The summed E-state index contributed by atoms with van der Waals surface area (Å²) < 4.78 is 40.2. The Morgan fingerprint density at radius 3 is 2.45 bits per heavy atom. The van der Waals surface area contributed by atoms with Gasteiger partial charge in [0.1, 0.15) is 5.75 Å². The van der Waals surface area contributed by atoms with Crippen LogP contribution in [0.5, 0.6) is 11.5 Å². The summed E-state index contributed by atoms with van der Waals surface area (Å²) in [4.78, 5) is 0. The number of hydrogen-bond donors (Lipinski definition) is 0. The number of rotatable bonds is 9. The summed E-state index contributed by atoms with van der Waals surface area (Å²) in [6.07, 6.45) is 9.36. The number of benzene rings is 2. The minimum absolute atomic E-state index is 0.0404. The maximum Gasteiger partial charge on any atom is 0.201 e. The number of hydrogen-bond acceptors (Lipinski definition) is 2. The van der Waals surface area contributed by atoms with E-state index in [4.69, 9.17) is 9.47 Å². The average Bonchev–Trinajstić information content (AvgIpc) is 3.37. The summed E-state index contributed by atoms with van der Waals surface area (Å²) in [7, 11) is 0. The van der Waals surface area contributed by atoms with Crippen LogP contribution in [0.15, 0.2) is 48.0 Å². The van der Waals surface area contributed by atoms with Crippen LogP contribution in [0, 0.1) is 29.4 Å². The molecule has 2 aliphatic carbocycles. The summed E-state index contributed by atoms with van der Waals surface area (Å²) >= 11 is 0. The van der Waals surface area contributed by atoms with E-state index in [-0.39, 0.29) is 11.3 Å². The van der Waals surface area contributed by atoms with Crippen molar-refractivity contribution in [1.29, 1.82) is 0 Å². The second-order valence-electron chi connectivity index (χ2n) is 8.80. The van der Waals surface area contributed by atoms with Gasteiger partial charge in [0.25, 0.3) is 0 Å². The summed E-state index contributed by atoms with van der Waals surface area (Å²) in [6.45, 7) is 5.26. The molecule has 166 valence electrons. The maximum atomic E-state index is 14.5. The molecule has 0 radical (unpaired) electrons. The topological polar surface area (TPSA) is 18.5 Å². The van der Waals surface area contributed by atoms with E-state index in [1.54, 1.807) is 23.8 Å². The molecule has 0 heterocycles. The van der Waals surface area contributed by atoms with E-state index >= 15 is 0 Å². The molecule has 4 heteroatoms. The first-order valence-corrected chi connectivity index (χ1v) is 11.6. The van der Waals surface area contributed by atoms with E-state index in [1.165, 1.54) is 38.2 Å². The lowest BCUT2D eigenvalue weighted by molar-refractivity contribution is 0.208. The number of halogens is 2. The molecule has 1 fully saturated rings. The van der Waals surface area contributed by atoms with Gasteiger partial charge in [0.05, 0.1) is 13.2 Å². The first-order chi connectivity index (χ1) is 15.1. The number of ether oxygens (including phenoxy) is 2. The Hall–Kier alpha value is -2.36. The molecule has 31 heavy (non-hydrogen) atoms. The summed E-state index contributed by atoms with van der Waals surface area (Å²) in [5, 5.41) is 0. The van der Waals surface area contributed by atoms with E-state index in [9.17, 15) is 8.78 Å². The van der Waals surface area contributed by atoms with Crippen molar-refractivity contribution in [1.82, 2.24) is 0 Å². The molecule has 0 bridgehead atoms. The SMILES string of the molecule is CCCOc1ccc(-c2ccc(OCC3CCC4C(CCC)=CCC34)cc2)c(F)c1F. The highest BCUT2D eigenvalue weighted by atomic mass is 19.2. The zero-order valence-electron chi connectivity index (χ0n) is 18.5. The van der Waals surface area contributed by atoms with Crippen LogP contribution in [0.1, 0.15) is 52.4 Å². The van der Waals surface area contributed by atoms with Gasteiger partial charge >= 0.3 is 0 Å².